The molecule has 0 aromatic heterocycles. The van der Waals surface area contributed by atoms with Crippen molar-refractivity contribution in [3.8, 4) is 0 Å². The van der Waals surface area contributed by atoms with Crippen molar-refractivity contribution in [1.29, 1.82) is 0 Å². The van der Waals surface area contributed by atoms with Crippen LogP contribution in [0.5, 0.6) is 0 Å². The van der Waals surface area contributed by atoms with E-state index in [4.69, 9.17) is 16.3 Å². The molecule has 0 saturated carbocycles. The molecule has 0 saturated heterocycles. The predicted molar refractivity (Wildman–Crippen MR) is 113 cm³/mol. The van der Waals surface area contributed by atoms with Crippen molar-refractivity contribution in [2.24, 2.45) is 0 Å². The number of benzene rings is 3. The Morgan fingerprint density at radius 2 is 1.45 bits per heavy atom. The summed E-state index contributed by atoms with van der Waals surface area (Å²) in [5, 5.41) is 0.503. The molecule has 0 radical (unpaired) electrons. The highest BCUT2D eigenvalue weighted by Gasteiger charge is 2.35. The standard InChI is InChI=1S/C24H16ClNO5/c25-18-10-8-16(9-11-18)21(27)14-31-24(30)17-5-3-4-15(12-17)13-26-22(28)19-6-1-2-7-20(19)23(26)29/h1-12H,13-14H2. The third-order valence-electron chi connectivity index (χ3n) is 4.88. The zero-order chi connectivity index (χ0) is 22.0. The molecule has 3 aromatic carbocycles. The minimum Gasteiger partial charge on any atom is -0.454 e. The van der Waals surface area contributed by atoms with Gasteiger partial charge in [-0.05, 0) is 54.1 Å². The smallest absolute Gasteiger partial charge is 0.338 e. The Balaban J connectivity index is 1.42. The van der Waals surface area contributed by atoms with Gasteiger partial charge in [-0.2, -0.15) is 0 Å². The maximum atomic E-state index is 12.5. The first-order valence-electron chi connectivity index (χ1n) is 9.44. The molecule has 6 nitrogen and oxygen atoms in total. The maximum Gasteiger partial charge on any atom is 0.338 e. The highest BCUT2D eigenvalue weighted by molar-refractivity contribution is 6.30. The van der Waals surface area contributed by atoms with E-state index in [9.17, 15) is 19.2 Å². The second kappa shape index (κ2) is 8.53. The minimum atomic E-state index is -0.675. The van der Waals surface area contributed by atoms with Gasteiger partial charge < -0.3 is 4.74 Å². The van der Waals surface area contributed by atoms with Gasteiger partial charge in [0.05, 0.1) is 23.2 Å². The second-order valence-electron chi connectivity index (χ2n) is 6.95. The van der Waals surface area contributed by atoms with Crippen LogP contribution in [0.3, 0.4) is 0 Å². The summed E-state index contributed by atoms with van der Waals surface area (Å²) in [6, 6.07) is 19.3. The number of imide groups is 1. The molecule has 0 aliphatic carbocycles. The molecular formula is C24H16ClNO5. The first-order chi connectivity index (χ1) is 14.9. The Kier molecular flexibility index (Phi) is 5.64. The van der Waals surface area contributed by atoms with Gasteiger partial charge in [0.1, 0.15) is 0 Å². The molecule has 0 bridgehead atoms. The molecule has 1 heterocycles. The van der Waals surface area contributed by atoms with E-state index in [1.807, 2.05) is 0 Å². The Labute approximate surface area is 183 Å². The van der Waals surface area contributed by atoms with Gasteiger partial charge in [0, 0.05) is 10.6 Å². The summed E-state index contributed by atoms with van der Waals surface area (Å²) >= 11 is 5.80. The third-order valence-corrected chi connectivity index (χ3v) is 5.13. The van der Waals surface area contributed by atoms with Gasteiger partial charge >= 0.3 is 5.97 Å². The van der Waals surface area contributed by atoms with E-state index in [0.717, 1.165) is 4.90 Å². The van der Waals surface area contributed by atoms with Gasteiger partial charge in [0.2, 0.25) is 0 Å². The molecular weight excluding hydrogens is 418 g/mol. The van der Waals surface area contributed by atoms with Crippen molar-refractivity contribution in [3.63, 3.8) is 0 Å². The van der Waals surface area contributed by atoms with Crippen molar-refractivity contribution in [2.45, 2.75) is 6.54 Å². The number of Topliss-reactive ketones (excluding diaryl/α,β-unsaturated/α-hetero) is 1. The van der Waals surface area contributed by atoms with Gasteiger partial charge in [0.25, 0.3) is 11.8 Å². The lowest BCUT2D eigenvalue weighted by molar-refractivity contribution is 0.0474. The summed E-state index contributed by atoms with van der Waals surface area (Å²) in [6.07, 6.45) is 0. The topological polar surface area (TPSA) is 80.8 Å². The Bertz CT molecular complexity index is 1170. The summed E-state index contributed by atoms with van der Waals surface area (Å²) in [7, 11) is 0. The van der Waals surface area contributed by atoms with Gasteiger partial charge in [0.15, 0.2) is 12.4 Å². The molecule has 0 fully saturated rings. The van der Waals surface area contributed by atoms with Gasteiger partial charge in [-0.15, -0.1) is 0 Å². The molecule has 1 aliphatic rings. The second-order valence-corrected chi connectivity index (χ2v) is 7.39. The fraction of sp³-hybridized carbons (Fsp3) is 0.0833. The number of halogens is 1. The van der Waals surface area contributed by atoms with E-state index in [1.54, 1.807) is 72.8 Å². The Hall–Kier alpha value is -3.77. The summed E-state index contributed by atoms with van der Waals surface area (Å²) in [5.41, 5.74) is 1.93. The molecule has 2 amide bonds. The van der Waals surface area contributed by atoms with Crippen molar-refractivity contribution >= 4 is 35.2 Å². The van der Waals surface area contributed by atoms with Crippen molar-refractivity contribution < 1.29 is 23.9 Å². The van der Waals surface area contributed by atoms with Crippen LogP contribution in [0.15, 0.2) is 72.8 Å². The third kappa shape index (κ3) is 4.25. The summed E-state index contributed by atoms with van der Waals surface area (Å²) in [5.74, 6) is -1.77. The van der Waals surface area contributed by atoms with E-state index in [0.29, 0.717) is 27.3 Å². The average Bonchev–Trinajstić information content (AvgIpc) is 3.03. The summed E-state index contributed by atoms with van der Waals surface area (Å²) < 4.78 is 5.12. The first kappa shape index (κ1) is 20.5. The molecule has 7 heteroatoms. The molecule has 0 unspecified atom stereocenters. The van der Waals surface area contributed by atoms with E-state index in [-0.39, 0.29) is 29.7 Å². The van der Waals surface area contributed by atoms with E-state index in [1.165, 1.54) is 0 Å². The molecule has 4 rings (SSSR count). The number of hydrogen-bond acceptors (Lipinski definition) is 5. The Morgan fingerprint density at radius 3 is 2.10 bits per heavy atom. The van der Waals surface area contributed by atoms with Gasteiger partial charge in [-0.3, -0.25) is 19.3 Å². The largest absolute Gasteiger partial charge is 0.454 e. The number of hydrogen-bond donors (Lipinski definition) is 0. The van der Waals surface area contributed by atoms with Crippen molar-refractivity contribution in [1.82, 2.24) is 4.90 Å². The summed E-state index contributed by atoms with van der Waals surface area (Å²) in [6.45, 7) is -0.389. The van der Waals surface area contributed by atoms with Crippen LogP contribution in [0.4, 0.5) is 0 Å². The zero-order valence-corrected chi connectivity index (χ0v) is 17.0. The van der Waals surface area contributed by atoms with Crippen LogP contribution in [0, 0.1) is 0 Å². The van der Waals surface area contributed by atoms with Crippen molar-refractivity contribution in [3.05, 3.63) is 106 Å². The number of ketones is 1. The lowest BCUT2D eigenvalue weighted by Gasteiger charge is -2.14. The van der Waals surface area contributed by atoms with E-state index in [2.05, 4.69) is 0 Å². The number of carbonyl (C=O) groups is 4. The van der Waals surface area contributed by atoms with Gasteiger partial charge in [-0.25, -0.2) is 4.79 Å². The van der Waals surface area contributed by atoms with E-state index < -0.39 is 12.6 Å². The quantitative estimate of drug-likeness (QED) is 0.331. The number of esters is 1. The fourth-order valence-electron chi connectivity index (χ4n) is 3.30. The molecule has 3 aromatic rings. The molecule has 0 N–H and O–H groups in total. The zero-order valence-electron chi connectivity index (χ0n) is 16.2. The highest BCUT2D eigenvalue weighted by Crippen LogP contribution is 2.24. The normalized spacial score (nSPS) is 12.6. The minimum absolute atomic E-state index is 0.0250. The highest BCUT2D eigenvalue weighted by atomic mass is 35.5. The molecule has 31 heavy (non-hydrogen) atoms. The SMILES string of the molecule is O=C(COC(=O)c1cccc(CN2C(=O)c3ccccc3C2=O)c1)c1ccc(Cl)cc1. The lowest BCUT2D eigenvalue weighted by atomic mass is 10.1. The van der Waals surface area contributed by atoms with Crippen LogP contribution in [-0.4, -0.2) is 35.1 Å². The predicted octanol–water partition coefficient (Wildman–Crippen LogP) is 4.18. The summed E-state index contributed by atoms with van der Waals surface area (Å²) in [4.78, 5) is 50.8. The van der Waals surface area contributed by atoms with Crippen molar-refractivity contribution in [2.75, 3.05) is 6.61 Å². The van der Waals surface area contributed by atoms with Crippen LogP contribution in [0.25, 0.3) is 0 Å². The Morgan fingerprint density at radius 1 is 0.806 bits per heavy atom. The van der Waals surface area contributed by atoms with E-state index >= 15 is 0 Å². The molecule has 0 spiro atoms. The lowest BCUT2D eigenvalue weighted by Crippen LogP contribution is -2.29. The first-order valence-corrected chi connectivity index (χ1v) is 9.82. The monoisotopic (exact) mass is 433 g/mol. The van der Waals surface area contributed by atoms with Gasteiger partial charge in [-0.1, -0.05) is 35.9 Å². The molecule has 154 valence electrons. The van der Waals surface area contributed by atoms with Crippen LogP contribution in [-0.2, 0) is 11.3 Å². The van der Waals surface area contributed by atoms with Crippen LogP contribution in [0.1, 0.15) is 47.0 Å². The number of rotatable bonds is 6. The molecule has 0 atom stereocenters. The average molecular weight is 434 g/mol. The van der Waals surface area contributed by atoms with Crippen LogP contribution in [0.2, 0.25) is 5.02 Å². The number of fused-ring (bicyclic) bond motifs is 1. The van der Waals surface area contributed by atoms with Crippen LogP contribution < -0.4 is 0 Å². The van der Waals surface area contributed by atoms with Crippen LogP contribution >= 0.6 is 11.6 Å². The maximum absolute atomic E-state index is 12.5. The fourth-order valence-corrected chi connectivity index (χ4v) is 3.42. The number of amides is 2. The number of ether oxygens (including phenoxy) is 1. The number of nitrogens with zero attached hydrogens (tertiary/aromatic N) is 1. The molecule has 1 aliphatic heterocycles. The number of carbonyl (C=O) groups excluding carboxylic acids is 4.